The van der Waals surface area contributed by atoms with Crippen molar-refractivity contribution in [1.29, 1.82) is 5.41 Å². The van der Waals surface area contributed by atoms with Crippen LogP contribution in [0.3, 0.4) is 0 Å². The molecule has 1 aliphatic rings. The van der Waals surface area contributed by atoms with Gasteiger partial charge in [-0.15, -0.1) is 11.3 Å². The van der Waals surface area contributed by atoms with Gasteiger partial charge in [-0.2, -0.15) is 18.3 Å². The predicted octanol–water partition coefficient (Wildman–Crippen LogP) is 6.01. The Balaban J connectivity index is 1.56. The number of nitrogens with one attached hydrogen (secondary N) is 2. The Bertz CT molecular complexity index is 1600. The molecule has 1 aliphatic carbocycles. The lowest BCUT2D eigenvalue weighted by molar-refractivity contribution is -0.141. The number of hydrogen-bond donors (Lipinski definition) is 2. The van der Waals surface area contributed by atoms with Crippen LogP contribution in [0, 0.1) is 17.1 Å². The fourth-order valence-corrected chi connectivity index (χ4v) is 5.29. The van der Waals surface area contributed by atoms with E-state index in [9.17, 15) is 22.4 Å². The molecular weight excluding hydrogens is 546 g/mol. The standard InChI is InChI=1S/C28H27F4N5O2S/c1-3-37-15-21(25(35-37)28(30,31)32)19-10-16(14-36-8-9-40-27(36)33)11-20(12-19)26(38)34-24(17-4-5-17)18-6-7-22(29)23(13-18)39-2/h6-13,15,17,24,33H,3-5,14H2,1-2H3,(H,34,38). The van der Waals surface area contributed by atoms with Crippen molar-refractivity contribution in [2.24, 2.45) is 5.92 Å². The van der Waals surface area contributed by atoms with Gasteiger partial charge in [-0.1, -0.05) is 6.07 Å². The molecule has 0 saturated heterocycles. The second-order valence-corrected chi connectivity index (χ2v) is 10.6. The van der Waals surface area contributed by atoms with E-state index in [2.05, 4.69) is 10.4 Å². The summed E-state index contributed by atoms with van der Waals surface area (Å²) in [6.07, 6.45) is 0.101. The number of alkyl halides is 3. The Morgan fingerprint density at radius 2 is 2.02 bits per heavy atom. The molecule has 1 saturated carbocycles. The molecule has 210 valence electrons. The number of carbonyl (C=O) groups is 1. The molecule has 7 nitrogen and oxygen atoms in total. The second-order valence-electron chi connectivity index (χ2n) is 9.68. The highest BCUT2D eigenvalue weighted by Gasteiger charge is 2.38. The highest BCUT2D eigenvalue weighted by molar-refractivity contribution is 7.06. The van der Waals surface area contributed by atoms with Gasteiger partial charge in [0.2, 0.25) is 0 Å². The lowest BCUT2D eigenvalue weighted by Crippen LogP contribution is -2.30. The highest BCUT2D eigenvalue weighted by atomic mass is 32.1. The molecule has 2 aromatic carbocycles. The van der Waals surface area contributed by atoms with Gasteiger partial charge in [0.15, 0.2) is 22.1 Å². The quantitative estimate of drug-likeness (QED) is 0.241. The molecule has 0 radical (unpaired) electrons. The minimum atomic E-state index is -4.69. The van der Waals surface area contributed by atoms with Gasteiger partial charge in [0.05, 0.1) is 13.2 Å². The number of rotatable bonds is 9. The lowest BCUT2D eigenvalue weighted by atomic mass is 9.98. The Morgan fingerprint density at radius 1 is 1.25 bits per heavy atom. The molecule has 5 rings (SSSR count). The fraction of sp³-hybridized carbons (Fsp3) is 0.321. The summed E-state index contributed by atoms with van der Waals surface area (Å²) >= 11 is 1.22. The van der Waals surface area contributed by atoms with Crippen molar-refractivity contribution in [2.45, 2.75) is 45.1 Å². The number of methoxy groups -OCH3 is 1. The van der Waals surface area contributed by atoms with Gasteiger partial charge < -0.3 is 14.6 Å². The van der Waals surface area contributed by atoms with Crippen molar-refractivity contribution in [3.63, 3.8) is 0 Å². The van der Waals surface area contributed by atoms with Crippen molar-refractivity contribution >= 4 is 17.2 Å². The smallest absolute Gasteiger partial charge is 0.435 e. The van der Waals surface area contributed by atoms with Crippen molar-refractivity contribution < 1.29 is 27.1 Å². The summed E-state index contributed by atoms with van der Waals surface area (Å²) in [4.78, 5) is 13.9. The molecule has 1 atom stereocenters. The van der Waals surface area contributed by atoms with Crippen LogP contribution < -0.4 is 14.9 Å². The van der Waals surface area contributed by atoms with Crippen LogP contribution in [0.5, 0.6) is 5.75 Å². The van der Waals surface area contributed by atoms with E-state index < -0.39 is 29.6 Å². The maximum Gasteiger partial charge on any atom is 0.435 e. The van der Waals surface area contributed by atoms with E-state index in [1.54, 1.807) is 47.3 Å². The summed E-state index contributed by atoms with van der Waals surface area (Å²) in [5.74, 6) is -0.777. The molecular formula is C28H27F4N5O2S. The Labute approximate surface area is 231 Å². The second kappa shape index (κ2) is 10.9. The first kappa shape index (κ1) is 27.6. The number of thiazole rings is 1. The molecule has 0 aliphatic heterocycles. The van der Waals surface area contributed by atoms with Crippen LogP contribution in [0.15, 0.2) is 54.2 Å². The maximum atomic E-state index is 14.0. The van der Waals surface area contributed by atoms with Crippen LogP contribution in [-0.4, -0.2) is 27.4 Å². The fourth-order valence-electron chi connectivity index (χ4n) is 4.70. The maximum absolute atomic E-state index is 14.0. The van der Waals surface area contributed by atoms with Gasteiger partial charge in [0.25, 0.3) is 5.91 Å². The van der Waals surface area contributed by atoms with E-state index in [-0.39, 0.29) is 46.2 Å². The SMILES string of the molecule is CCn1cc(-c2cc(Cn3ccsc3=N)cc(C(=O)NC(c3ccc(F)c(OC)c3)C3CC3)c2)c(C(F)(F)F)n1. The summed E-state index contributed by atoms with van der Waals surface area (Å²) < 4.78 is 63.8. The zero-order valence-corrected chi connectivity index (χ0v) is 22.6. The first-order valence-electron chi connectivity index (χ1n) is 12.7. The molecule has 0 spiro atoms. The molecule has 1 fully saturated rings. The molecule has 40 heavy (non-hydrogen) atoms. The van der Waals surface area contributed by atoms with Crippen molar-refractivity contribution in [3.8, 4) is 16.9 Å². The number of amides is 1. The van der Waals surface area contributed by atoms with Crippen LogP contribution in [0.2, 0.25) is 0 Å². The van der Waals surface area contributed by atoms with E-state index in [0.717, 1.165) is 12.8 Å². The highest BCUT2D eigenvalue weighted by Crippen LogP contribution is 2.42. The Morgan fingerprint density at radius 3 is 2.65 bits per heavy atom. The van der Waals surface area contributed by atoms with Gasteiger partial charge in [0, 0.05) is 42.0 Å². The molecule has 2 N–H and O–H groups in total. The number of aryl methyl sites for hydroxylation is 1. The summed E-state index contributed by atoms with van der Waals surface area (Å²) in [5.41, 5.74) is 0.450. The summed E-state index contributed by atoms with van der Waals surface area (Å²) in [5, 5.41) is 16.6. The zero-order valence-electron chi connectivity index (χ0n) is 21.8. The molecule has 12 heteroatoms. The van der Waals surface area contributed by atoms with E-state index in [0.29, 0.717) is 11.1 Å². The number of aromatic nitrogens is 3. The molecule has 2 heterocycles. The first-order valence-corrected chi connectivity index (χ1v) is 13.6. The molecule has 0 bridgehead atoms. The third kappa shape index (κ3) is 5.81. The minimum Gasteiger partial charge on any atom is -0.494 e. The largest absolute Gasteiger partial charge is 0.494 e. The summed E-state index contributed by atoms with van der Waals surface area (Å²) in [7, 11) is 1.36. The number of ether oxygens (including phenoxy) is 1. The van der Waals surface area contributed by atoms with Crippen molar-refractivity contribution in [2.75, 3.05) is 7.11 Å². The molecule has 1 unspecified atom stereocenters. The number of hydrogen-bond acceptors (Lipinski definition) is 5. The number of halogens is 4. The van der Waals surface area contributed by atoms with Crippen LogP contribution >= 0.6 is 11.3 Å². The Kier molecular flexibility index (Phi) is 7.54. The third-order valence-electron chi connectivity index (χ3n) is 6.87. The number of carbonyl (C=O) groups excluding carboxylic acids is 1. The van der Waals surface area contributed by atoms with Crippen LogP contribution in [0.25, 0.3) is 11.1 Å². The Hall–Kier alpha value is -3.93. The molecule has 4 aromatic rings. The van der Waals surface area contributed by atoms with Crippen LogP contribution in [0.1, 0.15) is 53.0 Å². The van der Waals surface area contributed by atoms with E-state index in [1.807, 2.05) is 0 Å². The van der Waals surface area contributed by atoms with Crippen molar-refractivity contribution in [3.05, 3.63) is 87.2 Å². The third-order valence-corrected chi connectivity index (χ3v) is 7.58. The zero-order chi connectivity index (χ0) is 28.6. The average molecular weight is 574 g/mol. The van der Waals surface area contributed by atoms with Crippen LogP contribution in [0.4, 0.5) is 17.6 Å². The van der Waals surface area contributed by atoms with Gasteiger partial charge in [-0.25, -0.2) is 4.39 Å². The topological polar surface area (TPSA) is 84.9 Å². The number of benzene rings is 2. The normalized spacial score (nSPS) is 14.2. The first-order chi connectivity index (χ1) is 19.1. The summed E-state index contributed by atoms with van der Waals surface area (Å²) in [6, 6.07) is 8.66. The van der Waals surface area contributed by atoms with Crippen molar-refractivity contribution in [1.82, 2.24) is 19.7 Å². The monoisotopic (exact) mass is 573 g/mol. The minimum absolute atomic E-state index is 0.0632. The average Bonchev–Trinajstić information content (AvgIpc) is 3.53. The van der Waals surface area contributed by atoms with Gasteiger partial charge in [-0.3, -0.25) is 14.9 Å². The molecule has 2 aromatic heterocycles. The van der Waals surface area contributed by atoms with Gasteiger partial charge in [-0.05, 0) is 72.7 Å². The van der Waals surface area contributed by atoms with E-state index in [4.69, 9.17) is 10.1 Å². The van der Waals surface area contributed by atoms with Gasteiger partial charge in [0.1, 0.15) is 0 Å². The van der Waals surface area contributed by atoms with Crippen LogP contribution in [-0.2, 0) is 19.3 Å². The van der Waals surface area contributed by atoms with E-state index >= 15 is 0 Å². The molecule has 1 amide bonds. The van der Waals surface area contributed by atoms with Gasteiger partial charge >= 0.3 is 6.18 Å². The van der Waals surface area contributed by atoms with E-state index in [1.165, 1.54) is 41.5 Å². The summed E-state index contributed by atoms with van der Waals surface area (Å²) in [6.45, 7) is 2.13. The number of nitrogens with zero attached hydrogens (tertiary/aromatic N) is 3. The lowest BCUT2D eigenvalue weighted by Gasteiger charge is -2.20. The predicted molar refractivity (Wildman–Crippen MR) is 141 cm³/mol.